The molecule has 0 aliphatic rings. The van der Waals surface area contributed by atoms with Crippen LogP contribution < -0.4 is 37.6 Å². The van der Waals surface area contributed by atoms with Crippen LogP contribution in [-0.2, 0) is 48.2 Å². The minimum absolute atomic E-state index is 0.105. The van der Waals surface area contributed by atoms with E-state index >= 15 is 0 Å². The molecule has 11 N–H and O–H groups in total. The molecular formula is C35H60N10O15P2. The fourth-order valence-corrected chi connectivity index (χ4v) is 7.36. The molecule has 2 unspecified atom stereocenters. The lowest BCUT2D eigenvalue weighted by Crippen LogP contribution is -2.54. The standard InChI is InChI=1S/C35H60N10O15P2/c1-25(2)30(44-29(46)13-7-6-9-20-41-45-37)32(48)43-28(12-11-19-38-33(36)49)31(47)42-27-16-14-26(15-17-27)24-57-35(52)40-21-23-59-62(55,56)60-61(53,54)58-22-10-5-3-4-8-18-39-34(50)51/h14-17,25,28,30,39H,3-13,18-24H2,1-2H3,(H,40,52)(H,42,47)(H,43,48)(H,44,46)(H,50,51)(H,53,54)(H,55,56)(H3,36,38,49)/t28-,30-/m1/s1. The largest absolute Gasteiger partial charge is 0.481 e. The summed E-state index contributed by atoms with van der Waals surface area (Å²) in [7, 11) is -10.0. The minimum Gasteiger partial charge on any atom is -0.465 e. The van der Waals surface area contributed by atoms with Crippen molar-refractivity contribution >= 4 is 57.3 Å². The van der Waals surface area contributed by atoms with Crippen LogP contribution in [-0.4, -0.2) is 102 Å². The van der Waals surface area contributed by atoms with Crippen molar-refractivity contribution in [3.63, 3.8) is 0 Å². The first kappa shape index (κ1) is 55.0. The summed E-state index contributed by atoms with van der Waals surface area (Å²) in [4.78, 5) is 95.2. The monoisotopic (exact) mass is 922 g/mol. The van der Waals surface area contributed by atoms with Crippen molar-refractivity contribution < 1.29 is 70.9 Å². The number of carbonyl (C=O) groups is 6. The summed E-state index contributed by atoms with van der Waals surface area (Å²) < 4.78 is 42.8. The Balaban J connectivity index is 2.59. The van der Waals surface area contributed by atoms with Crippen molar-refractivity contribution in [3.8, 4) is 0 Å². The van der Waals surface area contributed by atoms with Gasteiger partial charge in [0.05, 0.1) is 13.2 Å². The molecule has 1 aromatic carbocycles. The quantitative estimate of drug-likeness (QED) is 0.0155. The second-order valence-corrected chi connectivity index (χ2v) is 17.0. The Hall–Kier alpha value is -4.99. The number of nitrogens with zero attached hydrogens (tertiary/aromatic N) is 3. The molecule has 7 amide bonds. The van der Waals surface area contributed by atoms with E-state index in [0.29, 0.717) is 75.7 Å². The molecule has 0 radical (unpaired) electrons. The number of unbranched alkanes of at least 4 members (excludes halogenated alkanes) is 6. The molecule has 0 saturated carbocycles. The summed E-state index contributed by atoms with van der Waals surface area (Å²) in [5.41, 5.74) is 14.3. The average molecular weight is 923 g/mol. The number of alkyl carbamates (subject to hydrolysis) is 1. The molecule has 0 aliphatic heterocycles. The van der Waals surface area contributed by atoms with Crippen LogP contribution in [0, 0.1) is 5.92 Å². The Kier molecular flexibility index (Phi) is 27.5. The average Bonchev–Trinajstić information content (AvgIpc) is 3.19. The molecule has 4 atom stereocenters. The number of phosphoric ester groups is 2. The third kappa shape index (κ3) is 27.8. The lowest BCUT2D eigenvalue weighted by molar-refractivity contribution is -0.132. The number of anilines is 1. The molecule has 0 aromatic heterocycles. The zero-order chi connectivity index (χ0) is 46.4. The Morgan fingerprint density at radius 2 is 1.42 bits per heavy atom. The van der Waals surface area contributed by atoms with Gasteiger partial charge in [-0.1, -0.05) is 56.8 Å². The van der Waals surface area contributed by atoms with Gasteiger partial charge in [-0.2, -0.15) is 4.31 Å². The molecular weight excluding hydrogens is 862 g/mol. The van der Waals surface area contributed by atoms with Crippen molar-refractivity contribution in [1.82, 2.24) is 26.6 Å². The predicted octanol–water partition coefficient (Wildman–Crippen LogP) is 4.26. The number of primary amides is 1. The van der Waals surface area contributed by atoms with Gasteiger partial charge in [-0.05, 0) is 67.7 Å². The lowest BCUT2D eigenvalue weighted by Gasteiger charge is -2.25. The summed E-state index contributed by atoms with van der Waals surface area (Å²) in [6.07, 6.45) is 3.25. The number of benzene rings is 1. The van der Waals surface area contributed by atoms with Crippen LogP contribution in [0.1, 0.15) is 90.0 Å². The molecule has 0 spiro atoms. The van der Waals surface area contributed by atoms with Crippen LogP contribution in [0.25, 0.3) is 10.4 Å². The SMILES string of the molecule is CC(C)[C@@H](NC(=O)CCCCCN=[N+]=[N-])C(=O)N[C@H](CCCNC(N)=O)C(=O)Nc1ccc(COC(=O)NCCOP(=O)(O)OP(=O)(O)OCCCCCCCNC(=O)O)cc1. The summed E-state index contributed by atoms with van der Waals surface area (Å²) in [6.45, 7) is 2.82. The molecule has 0 fully saturated rings. The van der Waals surface area contributed by atoms with Crippen molar-refractivity contribution in [1.29, 1.82) is 0 Å². The number of urea groups is 1. The maximum atomic E-state index is 13.4. The molecule has 350 valence electrons. The van der Waals surface area contributed by atoms with Gasteiger partial charge in [-0.15, -0.1) is 0 Å². The van der Waals surface area contributed by atoms with Crippen molar-refractivity contribution in [2.24, 2.45) is 16.8 Å². The molecule has 0 saturated heterocycles. The smallest absolute Gasteiger partial charge is 0.465 e. The normalized spacial score (nSPS) is 13.8. The minimum atomic E-state index is -5.06. The molecule has 62 heavy (non-hydrogen) atoms. The summed E-state index contributed by atoms with van der Waals surface area (Å²) in [5, 5.41) is 27.0. The van der Waals surface area contributed by atoms with Gasteiger partial charge in [0.1, 0.15) is 18.7 Å². The van der Waals surface area contributed by atoms with E-state index < -0.39 is 64.4 Å². The number of carboxylic acid groups (broad SMARTS) is 1. The van der Waals surface area contributed by atoms with E-state index in [0.717, 1.165) is 0 Å². The Labute approximate surface area is 359 Å². The molecule has 0 bridgehead atoms. The van der Waals surface area contributed by atoms with E-state index in [1.54, 1.807) is 26.0 Å². The van der Waals surface area contributed by atoms with Crippen LogP contribution in [0.15, 0.2) is 29.4 Å². The first-order valence-corrected chi connectivity index (χ1v) is 22.9. The van der Waals surface area contributed by atoms with E-state index in [1.807, 2.05) is 0 Å². The summed E-state index contributed by atoms with van der Waals surface area (Å²) >= 11 is 0. The van der Waals surface area contributed by atoms with Crippen molar-refractivity contribution in [2.75, 3.05) is 44.7 Å². The molecule has 1 aromatic rings. The molecule has 0 aliphatic carbocycles. The number of nitrogens with two attached hydrogens (primary N) is 1. The number of rotatable bonds is 33. The van der Waals surface area contributed by atoms with Gasteiger partial charge >= 0.3 is 33.9 Å². The number of amides is 7. The number of nitrogens with one attached hydrogen (secondary N) is 6. The first-order chi connectivity index (χ1) is 29.3. The maximum absolute atomic E-state index is 13.4. The second-order valence-electron chi connectivity index (χ2n) is 13.9. The van der Waals surface area contributed by atoms with Gasteiger partial charge < -0.3 is 57.3 Å². The third-order valence-corrected chi connectivity index (χ3v) is 11.0. The molecule has 25 nitrogen and oxygen atoms in total. The van der Waals surface area contributed by atoms with E-state index in [-0.39, 0.29) is 57.4 Å². The van der Waals surface area contributed by atoms with Gasteiger partial charge in [-0.3, -0.25) is 23.4 Å². The lowest BCUT2D eigenvalue weighted by atomic mass is 10.0. The number of carbonyl (C=O) groups excluding carboxylic acids is 5. The topological polar surface area (TPSA) is 381 Å². The number of hydrogen-bond acceptors (Lipinski definition) is 13. The Morgan fingerprint density at radius 1 is 0.790 bits per heavy atom. The molecule has 1 rings (SSSR count). The summed E-state index contributed by atoms with van der Waals surface area (Å²) in [5.74, 6) is -1.85. The van der Waals surface area contributed by atoms with E-state index in [9.17, 15) is 47.7 Å². The fraction of sp³-hybridized carbons (Fsp3) is 0.657. The van der Waals surface area contributed by atoms with Crippen molar-refractivity contribution in [3.05, 3.63) is 40.3 Å². The highest BCUT2D eigenvalue weighted by Crippen LogP contribution is 2.60. The van der Waals surface area contributed by atoms with E-state index in [1.165, 1.54) is 12.1 Å². The van der Waals surface area contributed by atoms with Crippen LogP contribution in [0.3, 0.4) is 0 Å². The number of ether oxygens (including phenoxy) is 1. The van der Waals surface area contributed by atoms with Crippen LogP contribution in [0.4, 0.5) is 20.1 Å². The fourth-order valence-electron chi connectivity index (χ4n) is 5.26. The Bertz CT molecular complexity index is 1720. The highest BCUT2D eigenvalue weighted by Gasteiger charge is 2.35. The van der Waals surface area contributed by atoms with E-state index in [4.69, 9.17) is 21.1 Å². The predicted molar refractivity (Wildman–Crippen MR) is 223 cm³/mol. The Morgan fingerprint density at radius 3 is 2.06 bits per heavy atom. The van der Waals surface area contributed by atoms with Gasteiger partial charge in [0.25, 0.3) is 0 Å². The zero-order valence-corrected chi connectivity index (χ0v) is 36.6. The maximum Gasteiger partial charge on any atom is 0.481 e. The number of phosphoric acid groups is 2. The second kappa shape index (κ2) is 30.9. The highest BCUT2D eigenvalue weighted by atomic mass is 31.3. The highest BCUT2D eigenvalue weighted by molar-refractivity contribution is 7.61. The first-order valence-electron chi connectivity index (χ1n) is 19.9. The zero-order valence-electron chi connectivity index (χ0n) is 34.8. The van der Waals surface area contributed by atoms with Crippen LogP contribution >= 0.6 is 15.6 Å². The van der Waals surface area contributed by atoms with Crippen molar-refractivity contribution in [2.45, 2.75) is 103 Å². The number of hydrogen-bond donors (Lipinski definition) is 10. The van der Waals surface area contributed by atoms with Gasteiger partial charge in [0.15, 0.2) is 0 Å². The third-order valence-electron chi connectivity index (χ3n) is 8.37. The summed E-state index contributed by atoms with van der Waals surface area (Å²) in [6, 6.07) is 3.36. The van der Waals surface area contributed by atoms with Gasteiger partial charge in [0.2, 0.25) is 17.7 Å². The molecule has 0 heterocycles. The molecule has 27 heteroatoms. The number of azide groups is 1. The van der Waals surface area contributed by atoms with Gasteiger partial charge in [0, 0.05) is 43.2 Å². The van der Waals surface area contributed by atoms with Crippen LogP contribution in [0.2, 0.25) is 0 Å². The van der Waals surface area contributed by atoms with Crippen LogP contribution in [0.5, 0.6) is 0 Å². The van der Waals surface area contributed by atoms with Gasteiger partial charge in [-0.25, -0.2) is 23.5 Å². The van der Waals surface area contributed by atoms with E-state index in [2.05, 4.69) is 55.3 Å².